The molecule has 1 aliphatic rings. The summed E-state index contributed by atoms with van der Waals surface area (Å²) in [5.41, 5.74) is 3.25. The molecule has 0 unspecified atom stereocenters. The van der Waals surface area contributed by atoms with Gasteiger partial charge in [0.15, 0.2) is 11.5 Å². The molecule has 2 aromatic carbocycles. The number of ether oxygens (including phenoxy) is 2. The number of carbonyl (C=O) groups is 2. The van der Waals surface area contributed by atoms with Gasteiger partial charge >= 0.3 is 0 Å². The summed E-state index contributed by atoms with van der Waals surface area (Å²) in [6, 6.07) is 13.4. The van der Waals surface area contributed by atoms with Gasteiger partial charge in [-0.1, -0.05) is 35.9 Å². The Hall–Kier alpha value is -2.67. The average molecular weight is 429 g/mol. The van der Waals surface area contributed by atoms with Crippen LogP contribution in [-0.2, 0) is 16.0 Å². The molecule has 0 bridgehead atoms. The fraction of sp³-hybridized carbons (Fsp3) is 0.391. The van der Waals surface area contributed by atoms with Gasteiger partial charge in [0.05, 0.1) is 14.2 Å². The van der Waals surface area contributed by atoms with Crippen molar-refractivity contribution >= 4 is 23.6 Å². The predicted octanol–water partition coefficient (Wildman–Crippen LogP) is 3.33. The number of rotatable bonds is 7. The molecule has 1 N–H and O–H groups in total. The topological polar surface area (TPSA) is 67.9 Å². The van der Waals surface area contributed by atoms with Gasteiger partial charge in [-0.15, -0.1) is 11.8 Å². The maximum atomic E-state index is 12.8. The Kier molecular flexibility index (Phi) is 7.26. The summed E-state index contributed by atoms with van der Waals surface area (Å²) in [4.78, 5) is 26.9. The molecular formula is C23H28N2O4S. The summed E-state index contributed by atoms with van der Waals surface area (Å²) >= 11 is 1.63. The van der Waals surface area contributed by atoms with Crippen molar-refractivity contribution in [3.63, 3.8) is 0 Å². The smallest absolute Gasteiger partial charge is 0.243 e. The van der Waals surface area contributed by atoms with Crippen molar-refractivity contribution < 1.29 is 19.1 Å². The van der Waals surface area contributed by atoms with Crippen molar-refractivity contribution in [1.29, 1.82) is 0 Å². The van der Waals surface area contributed by atoms with Crippen molar-refractivity contribution in [2.24, 2.45) is 0 Å². The minimum Gasteiger partial charge on any atom is -0.493 e. The number of thioether (sulfide) groups is 1. The second-order valence-corrected chi connectivity index (χ2v) is 8.38. The number of aryl methyl sites for hydroxylation is 1. The lowest BCUT2D eigenvalue weighted by molar-refractivity contribution is -0.138. The largest absolute Gasteiger partial charge is 0.493 e. The van der Waals surface area contributed by atoms with E-state index in [4.69, 9.17) is 9.47 Å². The van der Waals surface area contributed by atoms with Crippen molar-refractivity contribution in [1.82, 2.24) is 10.2 Å². The summed E-state index contributed by atoms with van der Waals surface area (Å²) < 4.78 is 10.6. The van der Waals surface area contributed by atoms with E-state index in [0.29, 0.717) is 30.2 Å². The van der Waals surface area contributed by atoms with Crippen LogP contribution in [0.3, 0.4) is 0 Å². The molecule has 1 aliphatic heterocycles. The van der Waals surface area contributed by atoms with Gasteiger partial charge in [0.2, 0.25) is 11.8 Å². The molecule has 0 aliphatic carbocycles. The average Bonchev–Trinajstić information content (AvgIpc) is 3.19. The molecule has 3 rings (SSSR count). The van der Waals surface area contributed by atoms with E-state index in [1.807, 2.05) is 49.4 Å². The van der Waals surface area contributed by atoms with Gasteiger partial charge in [-0.2, -0.15) is 0 Å². The molecule has 0 saturated carbocycles. The van der Waals surface area contributed by atoms with Crippen LogP contribution in [0.4, 0.5) is 0 Å². The summed E-state index contributed by atoms with van der Waals surface area (Å²) in [6.45, 7) is 4.04. The van der Waals surface area contributed by atoms with Crippen LogP contribution >= 0.6 is 11.8 Å². The first-order chi connectivity index (χ1) is 14.4. The lowest BCUT2D eigenvalue weighted by Crippen LogP contribution is -2.47. The third-order valence-corrected chi connectivity index (χ3v) is 6.51. The number of nitrogens with zero attached hydrogens (tertiary/aromatic N) is 1. The van der Waals surface area contributed by atoms with Gasteiger partial charge in [0, 0.05) is 19.2 Å². The Balaban J connectivity index is 1.62. The van der Waals surface area contributed by atoms with Gasteiger partial charge in [0.1, 0.15) is 11.4 Å². The molecule has 2 aromatic rings. The predicted molar refractivity (Wildman–Crippen MR) is 119 cm³/mol. The van der Waals surface area contributed by atoms with Crippen molar-refractivity contribution in [2.45, 2.75) is 31.7 Å². The van der Waals surface area contributed by atoms with E-state index in [9.17, 15) is 9.59 Å². The number of amides is 2. The molecule has 0 spiro atoms. The molecule has 7 heteroatoms. The maximum Gasteiger partial charge on any atom is 0.243 e. The van der Waals surface area contributed by atoms with Crippen LogP contribution in [0.25, 0.3) is 0 Å². The van der Waals surface area contributed by atoms with Crippen LogP contribution in [0.2, 0.25) is 0 Å². The Bertz CT molecular complexity index is 901. The fourth-order valence-corrected chi connectivity index (χ4v) is 5.05. The minimum absolute atomic E-state index is 0.0920. The number of methoxy groups -OCH3 is 2. The lowest BCUT2D eigenvalue weighted by Gasteiger charge is -2.28. The number of benzene rings is 2. The summed E-state index contributed by atoms with van der Waals surface area (Å²) in [6.07, 6.45) is 0.660. The highest BCUT2D eigenvalue weighted by Crippen LogP contribution is 2.41. The number of hydrogen-bond donors (Lipinski definition) is 1. The van der Waals surface area contributed by atoms with Crippen LogP contribution in [-0.4, -0.2) is 49.3 Å². The number of hydrogen-bond acceptors (Lipinski definition) is 5. The van der Waals surface area contributed by atoms with Gasteiger partial charge < -0.3 is 19.7 Å². The Morgan fingerprint density at radius 1 is 1.10 bits per heavy atom. The van der Waals surface area contributed by atoms with E-state index in [1.54, 1.807) is 30.9 Å². The van der Waals surface area contributed by atoms with E-state index in [0.717, 1.165) is 11.1 Å². The minimum atomic E-state index is -0.468. The normalized spacial score (nSPS) is 18.2. The highest BCUT2D eigenvalue weighted by molar-refractivity contribution is 7.99. The van der Waals surface area contributed by atoms with Gasteiger partial charge in [0.25, 0.3) is 0 Å². The molecule has 6 nitrogen and oxygen atoms in total. The third kappa shape index (κ3) is 4.90. The van der Waals surface area contributed by atoms with Crippen LogP contribution in [0, 0.1) is 6.92 Å². The van der Waals surface area contributed by atoms with Crippen LogP contribution in [0.1, 0.15) is 29.0 Å². The Labute approximate surface area is 181 Å². The second-order valence-electron chi connectivity index (χ2n) is 7.27. The van der Waals surface area contributed by atoms with E-state index in [1.165, 1.54) is 12.5 Å². The summed E-state index contributed by atoms with van der Waals surface area (Å²) in [7, 11) is 3.20. The highest BCUT2D eigenvalue weighted by Gasteiger charge is 2.40. The van der Waals surface area contributed by atoms with Crippen LogP contribution in [0.15, 0.2) is 42.5 Å². The second kappa shape index (κ2) is 9.89. The molecule has 0 radical (unpaired) electrons. The molecule has 0 aromatic heterocycles. The maximum absolute atomic E-state index is 12.8. The molecule has 2 atom stereocenters. The fourth-order valence-electron chi connectivity index (χ4n) is 3.56. The molecule has 1 fully saturated rings. The lowest BCUT2D eigenvalue weighted by atomic mass is 10.1. The molecule has 30 heavy (non-hydrogen) atoms. The first kappa shape index (κ1) is 22.0. The van der Waals surface area contributed by atoms with E-state index in [2.05, 4.69) is 5.32 Å². The van der Waals surface area contributed by atoms with Crippen molar-refractivity contribution in [2.75, 3.05) is 26.5 Å². The zero-order chi connectivity index (χ0) is 21.7. The van der Waals surface area contributed by atoms with Crippen LogP contribution < -0.4 is 14.8 Å². The van der Waals surface area contributed by atoms with Crippen molar-refractivity contribution in [3.8, 4) is 11.5 Å². The highest BCUT2D eigenvalue weighted by atomic mass is 32.2. The summed E-state index contributed by atoms with van der Waals surface area (Å²) in [5, 5.41) is 2.85. The zero-order valence-corrected chi connectivity index (χ0v) is 18.6. The van der Waals surface area contributed by atoms with Crippen LogP contribution in [0.5, 0.6) is 11.5 Å². The van der Waals surface area contributed by atoms with E-state index < -0.39 is 6.04 Å². The van der Waals surface area contributed by atoms with E-state index in [-0.39, 0.29) is 17.2 Å². The molecule has 160 valence electrons. The number of carbonyl (C=O) groups excluding carboxylic acids is 2. The van der Waals surface area contributed by atoms with Crippen molar-refractivity contribution in [3.05, 3.63) is 59.2 Å². The standard InChI is InChI=1S/C23H28N2O4S/c1-15-5-8-18(9-6-15)23-25(16(2)26)19(14-30-23)22(27)24-12-11-17-7-10-20(28-3)21(13-17)29-4/h5-10,13,19,23H,11-12,14H2,1-4H3,(H,24,27)/t19-,23-/m1/s1. The first-order valence-electron chi connectivity index (χ1n) is 9.90. The van der Waals surface area contributed by atoms with Gasteiger partial charge in [-0.25, -0.2) is 0 Å². The van der Waals surface area contributed by atoms with Gasteiger partial charge in [-0.3, -0.25) is 9.59 Å². The molecule has 1 heterocycles. The molecular weight excluding hydrogens is 400 g/mol. The molecule has 2 amide bonds. The third-order valence-electron chi connectivity index (χ3n) is 5.19. The monoisotopic (exact) mass is 428 g/mol. The quantitative estimate of drug-likeness (QED) is 0.733. The Morgan fingerprint density at radius 3 is 2.43 bits per heavy atom. The SMILES string of the molecule is COc1ccc(CCNC(=O)[C@H]2CS[C@H](c3ccc(C)cc3)N2C(C)=O)cc1OC. The van der Waals surface area contributed by atoms with Gasteiger partial charge in [-0.05, 0) is 36.6 Å². The number of nitrogens with one attached hydrogen (secondary N) is 1. The summed E-state index contributed by atoms with van der Waals surface area (Å²) in [5.74, 6) is 1.71. The Morgan fingerprint density at radius 2 is 1.80 bits per heavy atom. The first-order valence-corrected chi connectivity index (χ1v) is 10.9. The zero-order valence-electron chi connectivity index (χ0n) is 17.8. The molecule has 1 saturated heterocycles. The van der Waals surface area contributed by atoms with E-state index >= 15 is 0 Å².